The van der Waals surface area contributed by atoms with Crippen molar-refractivity contribution >= 4 is 11.8 Å². The summed E-state index contributed by atoms with van der Waals surface area (Å²) in [4.78, 5) is 26.0. The maximum atomic E-state index is 13.0. The number of hydrogen-bond acceptors (Lipinski definition) is 10. The van der Waals surface area contributed by atoms with Gasteiger partial charge in [0, 0.05) is 24.2 Å². The zero-order valence-electron chi connectivity index (χ0n) is 28.5. The van der Waals surface area contributed by atoms with Crippen molar-refractivity contribution in [1.82, 2.24) is 21.7 Å². The van der Waals surface area contributed by atoms with E-state index in [9.17, 15) is 9.59 Å². The third-order valence-electron chi connectivity index (χ3n) is 6.09. The molecule has 0 aliphatic heterocycles. The predicted octanol–water partition coefficient (Wildman–Crippen LogP) is 5.59. The van der Waals surface area contributed by atoms with E-state index in [4.69, 9.17) is 28.4 Å². The van der Waals surface area contributed by atoms with E-state index in [0.29, 0.717) is 98.4 Å². The molecule has 12 heteroatoms. The van der Waals surface area contributed by atoms with E-state index in [1.807, 2.05) is 41.5 Å². The molecule has 2 aromatic rings. The van der Waals surface area contributed by atoms with Crippen LogP contribution >= 0.6 is 0 Å². The summed E-state index contributed by atoms with van der Waals surface area (Å²) >= 11 is 0. The predicted molar refractivity (Wildman–Crippen MR) is 179 cm³/mol. The standard InChI is InChI=1S/C34H54N4O8/c1-7-15-41-27-21-25(22-28(42-16-8-2)31(27)45-19-11-5)33(39)37-35-13-14-36-38-34(40)26-23-29(43-17-9-3)32(46-20-12-6)30(24-26)44-18-10-4/h21-24,35-36H,7-20H2,1-6H3,(H,37,39)(H,38,40). The molecule has 0 heterocycles. The number of rotatable bonds is 25. The smallest absolute Gasteiger partial charge is 0.265 e. The normalized spacial score (nSPS) is 10.7. The summed E-state index contributed by atoms with van der Waals surface area (Å²) in [5, 5.41) is 0. The number of carbonyl (C=O) groups is 2. The van der Waals surface area contributed by atoms with Crippen LogP contribution in [0.2, 0.25) is 0 Å². The van der Waals surface area contributed by atoms with E-state index in [2.05, 4.69) is 21.7 Å². The minimum Gasteiger partial charge on any atom is -0.490 e. The SMILES string of the molecule is CCCOc1cc(C(=O)NNCCNNC(=O)c2cc(OCCC)c(OCCC)c(OCCC)c2)cc(OCCC)c1OCCC. The first-order valence-electron chi connectivity index (χ1n) is 16.6. The summed E-state index contributed by atoms with van der Waals surface area (Å²) in [6.07, 6.45) is 4.87. The Hall–Kier alpha value is -3.90. The van der Waals surface area contributed by atoms with Crippen LogP contribution in [0.3, 0.4) is 0 Å². The van der Waals surface area contributed by atoms with Crippen LogP contribution in [0.1, 0.15) is 101 Å². The number of benzene rings is 2. The van der Waals surface area contributed by atoms with Gasteiger partial charge in [0.15, 0.2) is 23.0 Å². The largest absolute Gasteiger partial charge is 0.490 e. The Morgan fingerprint density at radius 1 is 0.457 bits per heavy atom. The average molecular weight is 647 g/mol. The summed E-state index contributed by atoms with van der Waals surface area (Å²) in [6, 6.07) is 6.63. The fourth-order valence-electron chi connectivity index (χ4n) is 3.94. The Kier molecular flexibility index (Phi) is 18.8. The van der Waals surface area contributed by atoms with E-state index in [-0.39, 0.29) is 11.8 Å². The molecular formula is C34H54N4O8. The number of nitrogens with one attached hydrogen (secondary N) is 4. The third kappa shape index (κ3) is 12.8. The second-order valence-corrected chi connectivity index (χ2v) is 10.5. The molecule has 0 aliphatic rings. The first kappa shape index (κ1) is 38.3. The highest BCUT2D eigenvalue weighted by molar-refractivity contribution is 5.96. The molecule has 258 valence electrons. The van der Waals surface area contributed by atoms with Crippen LogP contribution < -0.4 is 50.1 Å². The molecule has 2 amide bonds. The molecule has 2 rings (SSSR count). The molecule has 0 bridgehead atoms. The molecule has 0 unspecified atom stereocenters. The molecule has 12 nitrogen and oxygen atoms in total. The summed E-state index contributed by atoms with van der Waals surface area (Å²) in [6.45, 7) is 15.6. The van der Waals surface area contributed by atoms with Crippen LogP contribution in [0.4, 0.5) is 0 Å². The van der Waals surface area contributed by atoms with E-state index >= 15 is 0 Å². The third-order valence-corrected chi connectivity index (χ3v) is 6.09. The van der Waals surface area contributed by atoms with Crippen LogP contribution in [0.25, 0.3) is 0 Å². The van der Waals surface area contributed by atoms with Crippen LogP contribution in [-0.2, 0) is 0 Å². The van der Waals surface area contributed by atoms with Crippen molar-refractivity contribution in [2.45, 2.75) is 80.1 Å². The van der Waals surface area contributed by atoms with Crippen molar-refractivity contribution in [3.8, 4) is 34.5 Å². The molecule has 0 aromatic heterocycles. The summed E-state index contributed by atoms with van der Waals surface area (Å²) in [5.74, 6) is 2.15. The van der Waals surface area contributed by atoms with Gasteiger partial charge < -0.3 is 28.4 Å². The Balaban J connectivity index is 2.01. The molecule has 0 saturated heterocycles. The molecule has 46 heavy (non-hydrogen) atoms. The van der Waals surface area contributed by atoms with Crippen molar-refractivity contribution < 1.29 is 38.0 Å². The minimum absolute atomic E-state index is 0.321. The molecular weight excluding hydrogens is 592 g/mol. The summed E-state index contributed by atoms with van der Waals surface area (Å²) < 4.78 is 35.5. The van der Waals surface area contributed by atoms with Crippen molar-refractivity contribution in [3.63, 3.8) is 0 Å². The van der Waals surface area contributed by atoms with Gasteiger partial charge in [-0.3, -0.25) is 20.4 Å². The second kappa shape index (κ2) is 22.6. The Morgan fingerprint density at radius 2 is 0.717 bits per heavy atom. The van der Waals surface area contributed by atoms with Gasteiger partial charge in [0.1, 0.15) is 0 Å². The fraction of sp³-hybridized carbons (Fsp3) is 0.588. The van der Waals surface area contributed by atoms with Gasteiger partial charge >= 0.3 is 0 Å². The number of ether oxygens (including phenoxy) is 6. The highest BCUT2D eigenvalue weighted by Gasteiger charge is 2.20. The molecule has 0 saturated carbocycles. The molecule has 0 aliphatic carbocycles. The van der Waals surface area contributed by atoms with Gasteiger partial charge in [-0.2, -0.15) is 0 Å². The minimum atomic E-state index is -0.363. The number of amides is 2. The van der Waals surface area contributed by atoms with Crippen LogP contribution in [0.5, 0.6) is 34.5 Å². The van der Waals surface area contributed by atoms with Gasteiger partial charge in [0.2, 0.25) is 11.5 Å². The van der Waals surface area contributed by atoms with Crippen LogP contribution in [0, 0.1) is 0 Å². The first-order valence-corrected chi connectivity index (χ1v) is 16.6. The van der Waals surface area contributed by atoms with E-state index in [0.717, 1.165) is 38.5 Å². The molecule has 0 radical (unpaired) electrons. The number of carbonyl (C=O) groups excluding carboxylic acids is 2. The van der Waals surface area contributed by atoms with Crippen molar-refractivity contribution in [2.24, 2.45) is 0 Å². The molecule has 2 aromatic carbocycles. The quantitative estimate of drug-likeness (QED) is 0.0798. The van der Waals surface area contributed by atoms with Crippen molar-refractivity contribution in [3.05, 3.63) is 35.4 Å². The van der Waals surface area contributed by atoms with Crippen LogP contribution in [-0.4, -0.2) is 64.5 Å². The highest BCUT2D eigenvalue weighted by atomic mass is 16.5. The zero-order chi connectivity index (χ0) is 33.6. The van der Waals surface area contributed by atoms with Gasteiger partial charge in [-0.15, -0.1) is 0 Å². The Labute approximate surface area is 274 Å². The lowest BCUT2D eigenvalue weighted by molar-refractivity contribution is 0.0915. The highest BCUT2D eigenvalue weighted by Crippen LogP contribution is 2.40. The Bertz CT molecular complexity index is 1040. The molecule has 0 spiro atoms. The van der Waals surface area contributed by atoms with Crippen molar-refractivity contribution in [1.29, 1.82) is 0 Å². The van der Waals surface area contributed by atoms with Gasteiger partial charge in [-0.25, -0.2) is 10.9 Å². The van der Waals surface area contributed by atoms with Gasteiger partial charge in [-0.05, 0) is 62.8 Å². The van der Waals surface area contributed by atoms with E-state index < -0.39 is 0 Å². The lowest BCUT2D eigenvalue weighted by atomic mass is 10.1. The number of hydrogen-bond donors (Lipinski definition) is 4. The molecule has 0 atom stereocenters. The lowest BCUT2D eigenvalue weighted by Gasteiger charge is -2.18. The van der Waals surface area contributed by atoms with E-state index in [1.165, 1.54) is 0 Å². The molecule has 0 fully saturated rings. The summed E-state index contributed by atoms with van der Waals surface area (Å²) in [5.41, 5.74) is 11.9. The van der Waals surface area contributed by atoms with Gasteiger partial charge in [-0.1, -0.05) is 41.5 Å². The van der Waals surface area contributed by atoms with Crippen LogP contribution in [0.15, 0.2) is 24.3 Å². The second-order valence-electron chi connectivity index (χ2n) is 10.5. The first-order chi connectivity index (χ1) is 22.4. The summed E-state index contributed by atoms with van der Waals surface area (Å²) in [7, 11) is 0. The lowest BCUT2D eigenvalue weighted by Crippen LogP contribution is -2.45. The maximum Gasteiger partial charge on any atom is 0.265 e. The number of hydrazine groups is 2. The van der Waals surface area contributed by atoms with Gasteiger partial charge in [0.05, 0.1) is 39.6 Å². The molecule has 4 N–H and O–H groups in total. The van der Waals surface area contributed by atoms with Gasteiger partial charge in [0.25, 0.3) is 11.8 Å². The Morgan fingerprint density at radius 3 is 0.978 bits per heavy atom. The maximum absolute atomic E-state index is 13.0. The monoisotopic (exact) mass is 646 g/mol. The average Bonchev–Trinajstić information content (AvgIpc) is 3.07. The topological polar surface area (TPSA) is 138 Å². The van der Waals surface area contributed by atoms with Crippen molar-refractivity contribution in [2.75, 3.05) is 52.7 Å². The zero-order valence-corrected chi connectivity index (χ0v) is 28.5. The fourth-order valence-corrected chi connectivity index (χ4v) is 3.94. The van der Waals surface area contributed by atoms with E-state index in [1.54, 1.807) is 24.3 Å².